The molecule has 0 aliphatic heterocycles. The Balaban J connectivity index is 1.02. The fourth-order valence-electron chi connectivity index (χ4n) is 12.5. The highest BCUT2D eigenvalue weighted by Crippen LogP contribution is 2.61. The Labute approximate surface area is 408 Å². The minimum absolute atomic E-state index is 0.202. The summed E-state index contributed by atoms with van der Waals surface area (Å²) in [6, 6.07) is 67.3. The lowest BCUT2D eigenvalue weighted by Crippen LogP contribution is -2.24. The lowest BCUT2D eigenvalue weighted by molar-refractivity contribution is 0.584. The largest absolute Gasteiger partial charge is 0.307 e. The van der Waals surface area contributed by atoms with E-state index >= 15 is 0 Å². The molecule has 12 aromatic rings. The van der Waals surface area contributed by atoms with E-state index in [1.807, 2.05) is 24.8 Å². The van der Waals surface area contributed by atoms with Crippen molar-refractivity contribution in [3.05, 3.63) is 229 Å². The van der Waals surface area contributed by atoms with Gasteiger partial charge in [0.2, 0.25) is 0 Å². The van der Waals surface area contributed by atoms with Crippen LogP contribution in [0.1, 0.15) is 73.6 Å². The molecule has 4 heteroatoms. The molecule has 0 bridgehead atoms. The fraction of sp³-hybridized carbons (Fsp3) is 0.121. The van der Waals surface area contributed by atoms with E-state index in [-0.39, 0.29) is 11.8 Å². The number of rotatable bonds is 6. The third-order valence-electron chi connectivity index (χ3n) is 16.3. The predicted molar refractivity (Wildman–Crippen MR) is 292 cm³/mol. The molecule has 14 rings (SSSR count). The van der Waals surface area contributed by atoms with E-state index in [0.29, 0.717) is 11.8 Å². The molecule has 4 aromatic heterocycles. The third-order valence-corrected chi connectivity index (χ3v) is 16.3. The monoisotopic (exact) mass is 898 g/mol. The van der Waals surface area contributed by atoms with Gasteiger partial charge in [0.1, 0.15) is 0 Å². The summed E-state index contributed by atoms with van der Waals surface area (Å²) in [7, 11) is 0. The summed E-state index contributed by atoms with van der Waals surface area (Å²) in [5, 5.41) is 5.18. The van der Waals surface area contributed by atoms with Crippen molar-refractivity contribution in [3.63, 3.8) is 0 Å². The van der Waals surface area contributed by atoms with Gasteiger partial charge in [-0.15, -0.1) is 0 Å². The van der Waals surface area contributed by atoms with E-state index in [1.54, 1.807) is 0 Å². The average Bonchev–Trinajstić information content (AvgIpc) is 3.93. The van der Waals surface area contributed by atoms with Crippen LogP contribution in [0.5, 0.6) is 0 Å². The molecule has 2 aliphatic carbocycles. The first-order valence-corrected chi connectivity index (χ1v) is 24.8. The van der Waals surface area contributed by atoms with Crippen LogP contribution in [0.3, 0.4) is 0 Å². The molecule has 334 valence electrons. The number of hydrogen-bond acceptors (Lipinski definition) is 2. The molecule has 0 saturated heterocycles. The zero-order valence-electron chi connectivity index (χ0n) is 39.7. The van der Waals surface area contributed by atoms with Crippen molar-refractivity contribution >= 4 is 43.6 Å². The van der Waals surface area contributed by atoms with E-state index in [4.69, 9.17) is 9.97 Å². The van der Waals surface area contributed by atoms with Crippen LogP contribution < -0.4 is 0 Å². The second kappa shape index (κ2) is 15.6. The van der Waals surface area contributed by atoms with Gasteiger partial charge in [-0.2, -0.15) is 0 Å². The van der Waals surface area contributed by atoms with E-state index < -0.39 is 0 Å². The number of hydrogen-bond donors (Lipinski definition) is 0. The molecule has 4 heterocycles. The van der Waals surface area contributed by atoms with Crippen molar-refractivity contribution in [1.82, 2.24) is 19.1 Å². The maximum absolute atomic E-state index is 4.71. The van der Waals surface area contributed by atoms with E-state index in [2.05, 4.69) is 219 Å². The van der Waals surface area contributed by atoms with Crippen LogP contribution in [-0.2, 0) is 0 Å². The normalized spacial score (nSPS) is 17.1. The first-order valence-electron chi connectivity index (χ1n) is 24.8. The van der Waals surface area contributed by atoms with Crippen LogP contribution in [0.15, 0.2) is 207 Å². The van der Waals surface area contributed by atoms with Gasteiger partial charge in [-0.1, -0.05) is 149 Å². The van der Waals surface area contributed by atoms with Crippen LogP contribution in [0, 0.1) is 0 Å². The lowest BCUT2D eigenvalue weighted by Gasteiger charge is -2.42. The van der Waals surface area contributed by atoms with Crippen molar-refractivity contribution in [1.29, 1.82) is 0 Å². The van der Waals surface area contributed by atoms with E-state index in [0.717, 1.165) is 11.4 Å². The van der Waals surface area contributed by atoms with E-state index in [1.165, 1.54) is 122 Å². The Bertz CT molecular complexity index is 3750. The highest BCUT2D eigenvalue weighted by Gasteiger charge is 2.42. The third kappa shape index (κ3) is 5.96. The smallest absolute Gasteiger partial charge is 0.0645 e. The van der Waals surface area contributed by atoms with Crippen LogP contribution in [0.4, 0.5) is 0 Å². The molecule has 4 unspecified atom stereocenters. The molecular formula is C66H50N4. The standard InChI is InChI=1S/C66H50N4/c1-39-40(2)54-36-58-56-34-50(48-25-21-46(22-26-48)44-15-9-6-10-16-44)28-30-60(56)70(52-18-12-32-68-38-52)66(58)62-42(4)41(3)61-63(64(54)62)53(39)35-57-55-33-49(47-23-19-45(20-24-47)43-13-7-5-8-14-43)27-29-59(55)69(65(57)61)51-17-11-31-67-37-51/h5-42H,1-4H3. The van der Waals surface area contributed by atoms with Gasteiger partial charge in [0.15, 0.2) is 0 Å². The maximum atomic E-state index is 4.71. The summed E-state index contributed by atoms with van der Waals surface area (Å²) >= 11 is 0. The number of fused-ring (bicyclic) bond motifs is 8. The number of aromatic nitrogens is 4. The second-order valence-electron chi connectivity index (χ2n) is 19.9. The fourth-order valence-corrected chi connectivity index (χ4v) is 12.5. The molecule has 0 radical (unpaired) electrons. The SMILES string of the molecule is CC1c2cc3c4cc(-c5ccc(-c6ccccc6)cc5)ccc4n(-c4cccnc4)c3c3c2-c2c(cc4c5cc(-c6ccc(-c7ccccc7)cc6)ccc5n(-c5cccnc5)c4c2C(C)C3C)C1C. The Hall–Kier alpha value is -8.34. The Kier molecular flexibility index (Phi) is 9.07. The number of pyridine rings is 2. The Morgan fingerprint density at radius 3 is 1.06 bits per heavy atom. The molecule has 4 nitrogen and oxygen atoms in total. The zero-order valence-corrected chi connectivity index (χ0v) is 39.7. The molecule has 2 aliphatic rings. The van der Waals surface area contributed by atoms with Gasteiger partial charge in [-0.3, -0.25) is 9.97 Å². The Morgan fingerprint density at radius 1 is 0.329 bits per heavy atom. The summed E-state index contributed by atoms with van der Waals surface area (Å²) < 4.78 is 5.04. The van der Waals surface area contributed by atoms with Crippen molar-refractivity contribution in [3.8, 4) is 67.0 Å². The molecular weight excluding hydrogens is 849 g/mol. The van der Waals surface area contributed by atoms with Gasteiger partial charge in [-0.25, -0.2) is 0 Å². The van der Waals surface area contributed by atoms with Crippen molar-refractivity contribution in [2.24, 2.45) is 0 Å². The van der Waals surface area contributed by atoms with Crippen LogP contribution in [0.25, 0.3) is 111 Å². The molecule has 4 atom stereocenters. The molecule has 8 aromatic carbocycles. The lowest BCUT2D eigenvalue weighted by atomic mass is 9.62. The molecule has 0 saturated carbocycles. The summed E-state index contributed by atoms with van der Waals surface area (Å²) in [5.74, 6) is 1.00. The topological polar surface area (TPSA) is 35.6 Å². The van der Waals surface area contributed by atoms with Gasteiger partial charge >= 0.3 is 0 Å². The highest BCUT2D eigenvalue weighted by atomic mass is 15.0. The zero-order chi connectivity index (χ0) is 46.8. The van der Waals surface area contributed by atoms with E-state index in [9.17, 15) is 0 Å². The van der Waals surface area contributed by atoms with Crippen molar-refractivity contribution in [2.75, 3.05) is 0 Å². The van der Waals surface area contributed by atoms with Gasteiger partial charge in [0.05, 0.1) is 45.8 Å². The first-order chi connectivity index (χ1) is 34.4. The molecule has 70 heavy (non-hydrogen) atoms. The maximum Gasteiger partial charge on any atom is 0.0645 e. The summed E-state index contributed by atoms with van der Waals surface area (Å²) in [6.07, 6.45) is 7.83. The van der Waals surface area contributed by atoms with Gasteiger partial charge in [0.25, 0.3) is 0 Å². The Morgan fingerprint density at radius 2 is 0.686 bits per heavy atom. The summed E-state index contributed by atoms with van der Waals surface area (Å²) in [5.41, 5.74) is 25.6. The number of benzene rings is 8. The average molecular weight is 899 g/mol. The predicted octanol–water partition coefficient (Wildman–Crippen LogP) is 17.4. The highest BCUT2D eigenvalue weighted by molar-refractivity contribution is 6.17. The van der Waals surface area contributed by atoms with Crippen LogP contribution >= 0.6 is 0 Å². The molecule has 0 N–H and O–H groups in total. The minimum Gasteiger partial charge on any atom is -0.307 e. The second-order valence-corrected chi connectivity index (χ2v) is 19.9. The van der Waals surface area contributed by atoms with Gasteiger partial charge < -0.3 is 9.13 Å². The molecule has 0 fully saturated rings. The van der Waals surface area contributed by atoms with Crippen LogP contribution in [0.2, 0.25) is 0 Å². The molecule has 0 amide bonds. The summed E-state index contributed by atoms with van der Waals surface area (Å²) in [4.78, 5) is 9.41. The number of nitrogens with zero attached hydrogens (tertiary/aromatic N) is 4. The molecule has 0 spiro atoms. The minimum atomic E-state index is 0.202. The van der Waals surface area contributed by atoms with Crippen LogP contribution in [-0.4, -0.2) is 19.1 Å². The van der Waals surface area contributed by atoms with Gasteiger partial charge in [0, 0.05) is 33.9 Å². The first kappa shape index (κ1) is 40.7. The van der Waals surface area contributed by atoms with Crippen molar-refractivity contribution < 1.29 is 0 Å². The van der Waals surface area contributed by atoms with Crippen molar-refractivity contribution in [2.45, 2.75) is 51.4 Å². The van der Waals surface area contributed by atoms with Gasteiger partial charge in [-0.05, 0) is 162 Å². The summed E-state index contributed by atoms with van der Waals surface area (Å²) in [6.45, 7) is 9.92. The quantitative estimate of drug-likeness (QED) is 0.167.